The van der Waals surface area contributed by atoms with E-state index in [0.29, 0.717) is 11.3 Å². The highest BCUT2D eigenvalue weighted by Crippen LogP contribution is 2.27. The molecule has 1 aliphatic heterocycles. The lowest BCUT2D eigenvalue weighted by Crippen LogP contribution is -2.34. The number of rotatable bonds is 5. The van der Waals surface area contributed by atoms with Crippen molar-refractivity contribution in [2.75, 3.05) is 18.4 Å². The van der Waals surface area contributed by atoms with Gasteiger partial charge in [-0.05, 0) is 32.3 Å². The second-order valence-electron chi connectivity index (χ2n) is 5.40. The fourth-order valence-electron chi connectivity index (χ4n) is 2.63. The Morgan fingerprint density at radius 1 is 1.52 bits per heavy atom. The van der Waals surface area contributed by atoms with E-state index in [9.17, 15) is 14.9 Å². The maximum atomic E-state index is 12.7. The molecule has 1 amide bonds. The van der Waals surface area contributed by atoms with Gasteiger partial charge in [-0.15, -0.1) is 0 Å². The Labute approximate surface area is 124 Å². The molecule has 1 unspecified atom stereocenters. The number of nitro groups is 1. The van der Waals surface area contributed by atoms with Gasteiger partial charge in [0.2, 0.25) is 0 Å². The third-order valence-electron chi connectivity index (χ3n) is 3.82. The average molecular weight is 291 g/mol. The molecule has 114 valence electrons. The second kappa shape index (κ2) is 6.56. The molecule has 1 N–H and O–H groups in total. The highest BCUT2D eigenvalue weighted by Gasteiger charge is 2.28. The van der Waals surface area contributed by atoms with Crippen molar-refractivity contribution in [2.45, 2.75) is 39.2 Å². The van der Waals surface area contributed by atoms with Crippen LogP contribution >= 0.6 is 0 Å². The first kappa shape index (κ1) is 15.3. The number of hydrogen-bond acceptors (Lipinski definition) is 4. The number of carbonyl (C=O) groups is 1. The number of non-ortho nitro benzene ring substituents is 1. The molecule has 6 nitrogen and oxygen atoms in total. The standard InChI is InChI=1S/C15H21N3O3/c1-3-8-16-14-7-6-12(18(20)21)10-13(14)15(19)17-9-4-5-11(17)2/h6-7,10-11,16H,3-5,8-9H2,1-2H3. The SMILES string of the molecule is CCCNc1ccc([N+](=O)[O-])cc1C(=O)N1CCCC1C. The molecule has 21 heavy (non-hydrogen) atoms. The van der Waals surface area contributed by atoms with Gasteiger partial charge in [-0.25, -0.2) is 0 Å². The van der Waals surface area contributed by atoms with Crippen LogP contribution in [0, 0.1) is 10.1 Å². The van der Waals surface area contributed by atoms with E-state index in [1.165, 1.54) is 12.1 Å². The van der Waals surface area contributed by atoms with Crippen molar-refractivity contribution in [1.29, 1.82) is 0 Å². The molecule has 0 aliphatic carbocycles. The van der Waals surface area contributed by atoms with Crippen LogP contribution in [0.1, 0.15) is 43.5 Å². The van der Waals surface area contributed by atoms with Crippen LogP contribution in [0.25, 0.3) is 0 Å². The Morgan fingerprint density at radius 2 is 2.29 bits per heavy atom. The summed E-state index contributed by atoms with van der Waals surface area (Å²) in [4.78, 5) is 25.0. The summed E-state index contributed by atoms with van der Waals surface area (Å²) in [7, 11) is 0. The zero-order valence-corrected chi connectivity index (χ0v) is 12.5. The van der Waals surface area contributed by atoms with Gasteiger partial charge in [-0.1, -0.05) is 6.92 Å². The molecule has 2 rings (SSSR count). The van der Waals surface area contributed by atoms with Gasteiger partial charge in [0.25, 0.3) is 11.6 Å². The molecule has 1 fully saturated rings. The second-order valence-corrected chi connectivity index (χ2v) is 5.40. The molecule has 1 aliphatic rings. The van der Waals surface area contributed by atoms with E-state index in [-0.39, 0.29) is 17.6 Å². The van der Waals surface area contributed by atoms with Gasteiger partial charge >= 0.3 is 0 Å². The topological polar surface area (TPSA) is 75.5 Å². The molecule has 0 bridgehead atoms. The highest BCUT2D eigenvalue weighted by atomic mass is 16.6. The van der Waals surface area contributed by atoms with Crippen LogP contribution in [0.2, 0.25) is 0 Å². The van der Waals surface area contributed by atoms with Crippen LogP contribution < -0.4 is 5.32 Å². The molecular formula is C15H21N3O3. The van der Waals surface area contributed by atoms with E-state index in [1.807, 2.05) is 13.8 Å². The molecule has 0 radical (unpaired) electrons. The summed E-state index contributed by atoms with van der Waals surface area (Å²) in [5.41, 5.74) is 1.02. The first-order valence-electron chi connectivity index (χ1n) is 7.38. The Morgan fingerprint density at radius 3 is 2.86 bits per heavy atom. The van der Waals surface area contributed by atoms with Crippen molar-refractivity contribution in [1.82, 2.24) is 4.90 Å². The zero-order valence-electron chi connectivity index (χ0n) is 12.5. The number of hydrogen-bond donors (Lipinski definition) is 1. The Kier molecular flexibility index (Phi) is 4.77. The van der Waals surface area contributed by atoms with E-state index >= 15 is 0 Å². The molecular weight excluding hydrogens is 270 g/mol. The summed E-state index contributed by atoms with van der Waals surface area (Å²) in [6.07, 6.45) is 2.89. The van der Waals surface area contributed by atoms with Gasteiger partial charge in [-0.2, -0.15) is 0 Å². The van der Waals surface area contributed by atoms with E-state index in [2.05, 4.69) is 5.32 Å². The first-order chi connectivity index (χ1) is 10.0. The molecule has 1 aromatic carbocycles. The fourth-order valence-corrected chi connectivity index (χ4v) is 2.63. The molecule has 6 heteroatoms. The van der Waals surface area contributed by atoms with Crippen molar-refractivity contribution >= 4 is 17.3 Å². The first-order valence-corrected chi connectivity index (χ1v) is 7.38. The van der Waals surface area contributed by atoms with Gasteiger partial charge in [0, 0.05) is 37.0 Å². The molecule has 0 aromatic heterocycles. The molecule has 1 saturated heterocycles. The minimum atomic E-state index is -0.464. The van der Waals surface area contributed by atoms with E-state index in [1.54, 1.807) is 11.0 Å². The lowest BCUT2D eigenvalue weighted by atomic mass is 10.1. The van der Waals surface area contributed by atoms with Gasteiger partial charge in [0.15, 0.2) is 0 Å². The number of likely N-dealkylation sites (tertiary alicyclic amines) is 1. The number of anilines is 1. The summed E-state index contributed by atoms with van der Waals surface area (Å²) in [5, 5.41) is 14.1. The predicted molar refractivity (Wildman–Crippen MR) is 81.6 cm³/mol. The van der Waals surface area contributed by atoms with Crippen LogP contribution in [0.15, 0.2) is 18.2 Å². The van der Waals surface area contributed by atoms with E-state index in [0.717, 1.165) is 32.4 Å². The number of amides is 1. The Hall–Kier alpha value is -2.11. The Bertz CT molecular complexity index is 545. The molecule has 1 aromatic rings. The maximum absolute atomic E-state index is 12.7. The van der Waals surface area contributed by atoms with Gasteiger partial charge in [0.1, 0.15) is 0 Å². The van der Waals surface area contributed by atoms with Gasteiger partial charge in [0.05, 0.1) is 10.5 Å². The summed E-state index contributed by atoms with van der Waals surface area (Å²) in [5.74, 6) is -0.123. The molecule has 1 atom stereocenters. The summed E-state index contributed by atoms with van der Waals surface area (Å²) >= 11 is 0. The number of benzene rings is 1. The van der Waals surface area contributed by atoms with Crippen molar-refractivity contribution in [3.63, 3.8) is 0 Å². The van der Waals surface area contributed by atoms with Crippen LogP contribution in [0.5, 0.6) is 0 Å². The highest BCUT2D eigenvalue weighted by molar-refractivity contribution is 6.00. The van der Waals surface area contributed by atoms with Gasteiger partial charge < -0.3 is 10.2 Å². The van der Waals surface area contributed by atoms with E-state index < -0.39 is 4.92 Å². The number of nitrogens with one attached hydrogen (secondary N) is 1. The monoisotopic (exact) mass is 291 g/mol. The summed E-state index contributed by atoms with van der Waals surface area (Å²) in [6, 6.07) is 4.63. The number of nitro benzene ring substituents is 1. The quantitative estimate of drug-likeness (QED) is 0.668. The molecule has 1 heterocycles. The lowest BCUT2D eigenvalue weighted by molar-refractivity contribution is -0.384. The van der Waals surface area contributed by atoms with E-state index in [4.69, 9.17) is 0 Å². The largest absolute Gasteiger partial charge is 0.384 e. The summed E-state index contributed by atoms with van der Waals surface area (Å²) < 4.78 is 0. The third-order valence-corrected chi connectivity index (χ3v) is 3.82. The number of nitrogens with zero attached hydrogens (tertiary/aromatic N) is 2. The van der Waals surface area contributed by atoms with Crippen molar-refractivity contribution in [2.24, 2.45) is 0 Å². The minimum absolute atomic E-state index is 0.0488. The summed E-state index contributed by atoms with van der Waals surface area (Å²) in [6.45, 7) is 5.49. The lowest BCUT2D eigenvalue weighted by Gasteiger charge is -2.23. The third kappa shape index (κ3) is 3.32. The Balaban J connectivity index is 2.34. The normalized spacial score (nSPS) is 17.8. The van der Waals surface area contributed by atoms with Crippen LogP contribution in [-0.2, 0) is 0 Å². The smallest absolute Gasteiger partial charge is 0.270 e. The molecule has 0 spiro atoms. The van der Waals surface area contributed by atoms with Gasteiger partial charge in [-0.3, -0.25) is 14.9 Å². The minimum Gasteiger partial charge on any atom is -0.384 e. The van der Waals surface area contributed by atoms with Crippen LogP contribution in [0.4, 0.5) is 11.4 Å². The van der Waals surface area contributed by atoms with Crippen LogP contribution in [-0.4, -0.2) is 34.9 Å². The van der Waals surface area contributed by atoms with Crippen molar-refractivity contribution in [3.05, 3.63) is 33.9 Å². The average Bonchev–Trinajstić information content (AvgIpc) is 2.90. The zero-order chi connectivity index (χ0) is 15.4. The van der Waals surface area contributed by atoms with Crippen molar-refractivity contribution < 1.29 is 9.72 Å². The predicted octanol–water partition coefficient (Wildman–Crippen LogP) is 3.04. The maximum Gasteiger partial charge on any atom is 0.270 e. The molecule has 0 saturated carbocycles. The number of carbonyl (C=O) groups excluding carboxylic acids is 1. The van der Waals surface area contributed by atoms with Crippen LogP contribution in [0.3, 0.4) is 0 Å². The van der Waals surface area contributed by atoms with Crippen molar-refractivity contribution in [3.8, 4) is 0 Å². The fraction of sp³-hybridized carbons (Fsp3) is 0.533.